The van der Waals surface area contributed by atoms with Crippen molar-refractivity contribution in [2.45, 2.75) is 6.92 Å². The summed E-state index contributed by atoms with van der Waals surface area (Å²) in [6.07, 6.45) is 0. The minimum atomic E-state index is -2.36. The molecule has 0 aliphatic carbocycles. The van der Waals surface area contributed by atoms with Gasteiger partial charge >= 0.3 is 0 Å². The van der Waals surface area contributed by atoms with Crippen LogP contribution in [0.5, 0.6) is 17.2 Å². The van der Waals surface area contributed by atoms with Crippen molar-refractivity contribution < 1.29 is 19.1 Å². The van der Waals surface area contributed by atoms with Crippen LogP contribution in [-0.2, 0) is 4.52 Å². The van der Waals surface area contributed by atoms with Crippen LogP contribution in [-0.4, -0.2) is 25.9 Å². The van der Waals surface area contributed by atoms with Gasteiger partial charge in [-0.1, -0.05) is 0 Å². The van der Waals surface area contributed by atoms with E-state index in [1.165, 1.54) is 0 Å². The Hall–Kier alpha value is -2.55. The third kappa shape index (κ3) is 3.78. The zero-order valence-corrected chi connectivity index (χ0v) is 16.6. The van der Waals surface area contributed by atoms with E-state index in [0.29, 0.717) is 6.61 Å². The molecule has 0 atom stereocenters. The zero-order valence-electron chi connectivity index (χ0n) is 15.8. The van der Waals surface area contributed by atoms with Crippen LogP contribution in [0, 0.1) is 0 Å². The first-order chi connectivity index (χ1) is 13.1. The second-order valence-corrected chi connectivity index (χ2v) is 8.97. The van der Waals surface area contributed by atoms with Crippen molar-refractivity contribution in [3.63, 3.8) is 0 Å². The normalized spacial score (nSPS) is 11.2. The Labute approximate surface area is 160 Å². The molecular formula is C22H24O4P+. The summed E-state index contributed by atoms with van der Waals surface area (Å²) < 4.78 is 17.2. The predicted octanol–water partition coefficient (Wildman–Crippen LogP) is 3.65. The fourth-order valence-corrected chi connectivity index (χ4v) is 6.55. The first-order valence-electron chi connectivity index (χ1n) is 8.76. The number of phenolic OH excluding ortho intramolecular Hbond substituents is 1. The third-order valence-electron chi connectivity index (χ3n) is 4.41. The number of phenols is 1. The van der Waals surface area contributed by atoms with E-state index < -0.39 is 7.49 Å². The summed E-state index contributed by atoms with van der Waals surface area (Å²) in [5, 5.41) is 13.0. The number of aromatic hydroxyl groups is 1. The van der Waals surface area contributed by atoms with Crippen LogP contribution in [0.1, 0.15) is 6.92 Å². The highest BCUT2D eigenvalue weighted by molar-refractivity contribution is 7.91. The standard InChI is InChI=1S/C22H23O4P/c1-4-26-27(20-11-5-17(23)6-12-20,21-13-7-18(24-2)8-14-21)22-15-9-19(25-3)10-16-22/h5-16H,4H2,1-3H3/p+1. The molecule has 0 fully saturated rings. The van der Waals surface area contributed by atoms with E-state index in [-0.39, 0.29) is 5.75 Å². The highest BCUT2D eigenvalue weighted by atomic mass is 31.2. The molecule has 3 aromatic carbocycles. The molecule has 0 saturated carbocycles. The molecule has 3 rings (SSSR count). The van der Waals surface area contributed by atoms with Gasteiger partial charge in [0.2, 0.25) is 7.49 Å². The molecule has 4 nitrogen and oxygen atoms in total. The maximum absolute atomic E-state index is 9.77. The third-order valence-corrected chi connectivity index (χ3v) is 8.13. The summed E-state index contributed by atoms with van der Waals surface area (Å²) in [6, 6.07) is 23.3. The minimum absolute atomic E-state index is 0.234. The molecule has 0 aliphatic rings. The number of rotatable bonds is 7. The number of ether oxygens (including phenoxy) is 2. The Bertz CT molecular complexity index is 811. The van der Waals surface area contributed by atoms with Gasteiger partial charge < -0.3 is 14.6 Å². The van der Waals surface area contributed by atoms with Crippen molar-refractivity contribution in [3.05, 3.63) is 72.8 Å². The van der Waals surface area contributed by atoms with E-state index >= 15 is 0 Å². The summed E-state index contributed by atoms with van der Waals surface area (Å²) in [7, 11) is 0.956. The smallest absolute Gasteiger partial charge is 0.242 e. The van der Waals surface area contributed by atoms with E-state index in [0.717, 1.165) is 27.4 Å². The highest BCUT2D eigenvalue weighted by Crippen LogP contribution is 2.56. The van der Waals surface area contributed by atoms with Crippen molar-refractivity contribution in [2.24, 2.45) is 0 Å². The van der Waals surface area contributed by atoms with Crippen molar-refractivity contribution in [1.82, 2.24) is 0 Å². The average Bonchev–Trinajstić information content (AvgIpc) is 2.73. The molecule has 5 heteroatoms. The maximum Gasteiger partial charge on any atom is 0.242 e. The molecule has 0 heterocycles. The molecule has 0 spiro atoms. The van der Waals surface area contributed by atoms with Crippen LogP contribution >= 0.6 is 7.49 Å². The lowest BCUT2D eigenvalue weighted by Crippen LogP contribution is -2.33. The Morgan fingerprint density at radius 3 is 1.37 bits per heavy atom. The molecule has 0 radical (unpaired) electrons. The fourth-order valence-electron chi connectivity index (χ4n) is 3.11. The van der Waals surface area contributed by atoms with Gasteiger partial charge in [0.1, 0.15) is 33.2 Å². The van der Waals surface area contributed by atoms with Crippen LogP contribution in [0.2, 0.25) is 0 Å². The maximum atomic E-state index is 9.77. The number of benzene rings is 3. The SMILES string of the molecule is CCO[P+](c1ccc(O)cc1)(c1ccc(OC)cc1)c1ccc(OC)cc1. The lowest BCUT2D eigenvalue weighted by Gasteiger charge is -2.25. The Kier molecular flexibility index (Phi) is 6.00. The van der Waals surface area contributed by atoms with Gasteiger partial charge in [-0.15, -0.1) is 0 Å². The first-order valence-corrected chi connectivity index (χ1v) is 10.5. The topological polar surface area (TPSA) is 47.9 Å². The minimum Gasteiger partial charge on any atom is -0.508 e. The molecule has 0 saturated heterocycles. The molecule has 0 aliphatic heterocycles. The summed E-state index contributed by atoms with van der Waals surface area (Å²) in [5.74, 6) is 1.83. The van der Waals surface area contributed by atoms with Gasteiger partial charge in [-0.3, -0.25) is 0 Å². The summed E-state index contributed by atoms with van der Waals surface area (Å²) in [6.45, 7) is 2.56. The number of hydrogen-bond donors (Lipinski definition) is 1. The molecule has 140 valence electrons. The molecular weight excluding hydrogens is 359 g/mol. The van der Waals surface area contributed by atoms with Gasteiger partial charge in [0.15, 0.2) is 0 Å². The predicted molar refractivity (Wildman–Crippen MR) is 112 cm³/mol. The van der Waals surface area contributed by atoms with Crippen molar-refractivity contribution >= 4 is 23.4 Å². The van der Waals surface area contributed by atoms with Crippen LogP contribution in [0.3, 0.4) is 0 Å². The Balaban J connectivity index is 2.24. The van der Waals surface area contributed by atoms with Crippen LogP contribution in [0.4, 0.5) is 0 Å². The molecule has 0 unspecified atom stereocenters. The van der Waals surface area contributed by atoms with Gasteiger partial charge in [-0.25, -0.2) is 4.52 Å². The molecule has 1 N–H and O–H groups in total. The Morgan fingerprint density at radius 1 is 0.667 bits per heavy atom. The monoisotopic (exact) mass is 383 g/mol. The highest BCUT2D eigenvalue weighted by Gasteiger charge is 2.48. The van der Waals surface area contributed by atoms with Crippen LogP contribution < -0.4 is 25.4 Å². The molecule has 0 amide bonds. The van der Waals surface area contributed by atoms with Crippen molar-refractivity contribution in [2.75, 3.05) is 20.8 Å². The summed E-state index contributed by atoms with van der Waals surface area (Å²) in [5.41, 5.74) is 0. The van der Waals surface area contributed by atoms with Crippen molar-refractivity contribution in [1.29, 1.82) is 0 Å². The zero-order chi connectivity index (χ0) is 19.3. The largest absolute Gasteiger partial charge is 0.508 e. The van der Waals surface area contributed by atoms with Gasteiger partial charge in [-0.2, -0.15) is 0 Å². The quantitative estimate of drug-likeness (QED) is 0.633. The lowest BCUT2D eigenvalue weighted by atomic mass is 10.3. The average molecular weight is 383 g/mol. The van der Waals surface area contributed by atoms with Crippen LogP contribution in [0.15, 0.2) is 72.8 Å². The van der Waals surface area contributed by atoms with Crippen molar-refractivity contribution in [3.8, 4) is 17.2 Å². The van der Waals surface area contributed by atoms with Gasteiger partial charge in [-0.05, 0) is 79.7 Å². The molecule has 0 aromatic heterocycles. The van der Waals surface area contributed by atoms with E-state index in [9.17, 15) is 5.11 Å². The van der Waals surface area contributed by atoms with Gasteiger partial charge in [0, 0.05) is 0 Å². The molecule has 3 aromatic rings. The van der Waals surface area contributed by atoms with Gasteiger partial charge in [0.05, 0.1) is 20.8 Å². The van der Waals surface area contributed by atoms with Crippen LogP contribution in [0.25, 0.3) is 0 Å². The van der Waals surface area contributed by atoms with Gasteiger partial charge in [0.25, 0.3) is 0 Å². The number of methoxy groups -OCH3 is 2. The summed E-state index contributed by atoms with van der Waals surface area (Å²) >= 11 is 0. The summed E-state index contributed by atoms with van der Waals surface area (Å²) in [4.78, 5) is 0. The van der Waals surface area contributed by atoms with E-state index in [2.05, 4.69) is 24.3 Å². The molecule has 27 heavy (non-hydrogen) atoms. The second kappa shape index (κ2) is 8.43. The molecule has 0 bridgehead atoms. The van der Waals surface area contributed by atoms with E-state index in [4.69, 9.17) is 14.0 Å². The Morgan fingerprint density at radius 2 is 1.04 bits per heavy atom. The van der Waals surface area contributed by atoms with E-state index in [1.807, 2.05) is 43.3 Å². The fraction of sp³-hybridized carbons (Fsp3) is 0.182. The first kappa shape index (κ1) is 19.2. The van der Waals surface area contributed by atoms with E-state index in [1.54, 1.807) is 26.4 Å². The second-order valence-electron chi connectivity index (χ2n) is 5.94. The number of hydrogen-bond acceptors (Lipinski definition) is 4. The lowest BCUT2D eigenvalue weighted by molar-refractivity contribution is 0.381.